The maximum absolute atomic E-state index is 8.87. The van der Waals surface area contributed by atoms with Crippen LogP contribution >= 0.6 is 15.9 Å². The maximum Gasteiger partial charge on any atom is 0.209 e. The van der Waals surface area contributed by atoms with E-state index in [-0.39, 0.29) is 0 Å². The van der Waals surface area contributed by atoms with Crippen molar-refractivity contribution in [2.45, 2.75) is 13.1 Å². The van der Waals surface area contributed by atoms with Crippen LogP contribution in [-0.2, 0) is 13.1 Å². The number of rotatable bonds is 5. The molecule has 7 nitrogen and oxygen atoms in total. The van der Waals surface area contributed by atoms with Crippen molar-refractivity contribution in [3.63, 3.8) is 0 Å². The molecular formula is C19H14BrN7. The molecule has 2 heterocycles. The van der Waals surface area contributed by atoms with Crippen LogP contribution in [0.1, 0.15) is 16.7 Å². The highest BCUT2D eigenvalue weighted by Gasteiger charge is 2.15. The number of hydrogen-bond acceptors (Lipinski definition) is 5. The Balaban J connectivity index is 1.52. The van der Waals surface area contributed by atoms with Crippen LogP contribution in [0.25, 0.3) is 11.4 Å². The van der Waals surface area contributed by atoms with E-state index in [1.165, 1.54) is 4.80 Å². The lowest BCUT2D eigenvalue weighted by atomic mass is 10.1. The Morgan fingerprint density at radius 1 is 0.963 bits per heavy atom. The molecule has 0 aliphatic rings. The van der Waals surface area contributed by atoms with Crippen molar-refractivity contribution in [2.75, 3.05) is 0 Å². The third-order valence-electron chi connectivity index (χ3n) is 4.05. The molecule has 0 fully saturated rings. The Morgan fingerprint density at radius 2 is 1.70 bits per heavy atom. The summed E-state index contributed by atoms with van der Waals surface area (Å²) in [6, 6.07) is 19.5. The van der Waals surface area contributed by atoms with E-state index in [9.17, 15) is 0 Å². The number of halogens is 1. The third kappa shape index (κ3) is 3.78. The van der Waals surface area contributed by atoms with Gasteiger partial charge in [0.05, 0.1) is 36.5 Å². The van der Waals surface area contributed by atoms with Crippen LogP contribution in [0.5, 0.6) is 0 Å². The summed E-state index contributed by atoms with van der Waals surface area (Å²) in [5.74, 6) is 0.509. The first-order valence-electron chi connectivity index (χ1n) is 8.25. The molecule has 27 heavy (non-hydrogen) atoms. The average molecular weight is 420 g/mol. The van der Waals surface area contributed by atoms with Crippen LogP contribution in [0.3, 0.4) is 0 Å². The smallest absolute Gasteiger partial charge is 0.209 e. The highest BCUT2D eigenvalue weighted by atomic mass is 79.9. The molecule has 4 rings (SSSR count). The van der Waals surface area contributed by atoms with Crippen LogP contribution in [0.2, 0.25) is 0 Å². The minimum Gasteiger partial charge on any atom is -0.253 e. The zero-order chi connectivity index (χ0) is 18.6. The Labute approximate surface area is 164 Å². The van der Waals surface area contributed by atoms with Crippen LogP contribution in [0.15, 0.2) is 65.4 Å². The van der Waals surface area contributed by atoms with Gasteiger partial charge in [-0.3, -0.25) is 4.68 Å². The van der Waals surface area contributed by atoms with E-state index < -0.39 is 0 Å². The van der Waals surface area contributed by atoms with Gasteiger partial charge < -0.3 is 0 Å². The standard InChI is InChI=1S/C19H14BrN7/c20-18-17(11-22-26(18)12-15-4-2-1-3-5-15)19-23-25-27(24-19)13-16-8-6-14(10-21)7-9-16/h1-9,11H,12-13H2. The number of nitriles is 1. The van der Waals surface area contributed by atoms with E-state index in [1.807, 2.05) is 35.0 Å². The zero-order valence-electron chi connectivity index (χ0n) is 14.2. The van der Waals surface area contributed by atoms with Crippen LogP contribution in [0.4, 0.5) is 0 Å². The lowest BCUT2D eigenvalue weighted by Crippen LogP contribution is -2.04. The fraction of sp³-hybridized carbons (Fsp3) is 0.105. The molecule has 0 radical (unpaired) electrons. The van der Waals surface area contributed by atoms with Crippen LogP contribution in [-0.4, -0.2) is 30.0 Å². The van der Waals surface area contributed by atoms with Crippen LogP contribution < -0.4 is 0 Å². The number of hydrogen-bond donors (Lipinski definition) is 0. The highest BCUT2D eigenvalue weighted by Crippen LogP contribution is 2.25. The number of benzene rings is 2. The second-order valence-electron chi connectivity index (χ2n) is 5.94. The van der Waals surface area contributed by atoms with Crippen molar-refractivity contribution in [2.24, 2.45) is 0 Å². The Hall–Kier alpha value is -3.31. The van der Waals surface area contributed by atoms with Gasteiger partial charge in [-0.05, 0) is 44.4 Å². The van der Waals surface area contributed by atoms with E-state index in [0.717, 1.165) is 21.3 Å². The van der Waals surface area contributed by atoms with Gasteiger partial charge in [0.1, 0.15) is 4.60 Å². The summed E-state index contributed by atoms with van der Waals surface area (Å²) in [6.45, 7) is 1.13. The first kappa shape index (κ1) is 17.1. The number of tetrazole rings is 1. The van der Waals surface area contributed by atoms with E-state index in [1.54, 1.807) is 18.3 Å². The van der Waals surface area contributed by atoms with Gasteiger partial charge in [0, 0.05) is 0 Å². The Morgan fingerprint density at radius 3 is 2.44 bits per heavy atom. The van der Waals surface area contributed by atoms with Crippen molar-refractivity contribution >= 4 is 15.9 Å². The highest BCUT2D eigenvalue weighted by molar-refractivity contribution is 9.10. The molecule has 0 amide bonds. The van der Waals surface area contributed by atoms with E-state index in [2.05, 4.69) is 54.6 Å². The van der Waals surface area contributed by atoms with Gasteiger partial charge in [0.15, 0.2) is 0 Å². The summed E-state index contributed by atoms with van der Waals surface area (Å²) < 4.78 is 2.66. The Kier molecular flexibility index (Phi) is 4.77. The van der Waals surface area contributed by atoms with E-state index >= 15 is 0 Å². The largest absolute Gasteiger partial charge is 0.253 e. The van der Waals surface area contributed by atoms with Crippen molar-refractivity contribution < 1.29 is 0 Å². The fourth-order valence-corrected chi connectivity index (χ4v) is 3.15. The average Bonchev–Trinajstić information content (AvgIpc) is 3.30. The molecule has 0 atom stereocenters. The molecular weight excluding hydrogens is 406 g/mol. The van der Waals surface area contributed by atoms with Gasteiger partial charge in [0.25, 0.3) is 0 Å². The van der Waals surface area contributed by atoms with Gasteiger partial charge in [-0.1, -0.05) is 42.5 Å². The molecule has 2 aromatic carbocycles. The molecule has 0 saturated carbocycles. The predicted molar refractivity (Wildman–Crippen MR) is 103 cm³/mol. The normalized spacial score (nSPS) is 10.7. The first-order chi connectivity index (χ1) is 13.2. The second-order valence-corrected chi connectivity index (χ2v) is 6.70. The molecule has 0 aliphatic heterocycles. The topological polar surface area (TPSA) is 85.2 Å². The van der Waals surface area contributed by atoms with Gasteiger partial charge in [0.2, 0.25) is 5.82 Å². The van der Waals surface area contributed by atoms with Gasteiger partial charge >= 0.3 is 0 Å². The summed E-state index contributed by atoms with van der Waals surface area (Å²) in [5.41, 5.74) is 3.57. The van der Waals surface area contributed by atoms with Crippen molar-refractivity contribution in [1.29, 1.82) is 5.26 Å². The molecule has 132 valence electrons. The molecule has 4 aromatic rings. The molecule has 0 N–H and O–H groups in total. The fourth-order valence-electron chi connectivity index (χ4n) is 2.65. The lowest BCUT2D eigenvalue weighted by Gasteiger charge is -2.03. The third-order valence-corrected chi connectivity index (χ3v) is 4.89. The van der Waals surface area contributed by atoms with Gasteiger partial charge in [-0.2, -0.15) is 15.2 Å². The molecule has 0 aliphatic carbocycles. The van der Waals surface area contributed by atoms with Crippen molar-refractivity contribution in [1.82, 2.24) is 30.0 Å². The first-order valence-corrected chi connectivity index (χ1v) is 9.04. The van der Waals surface area contributed by atoms with Crippen molar-refractivity contribution in [3.05, 3.63) is 82.1 Å². The Bertz CT molecular complexity index is 1090. The summed E-state index contributed by atoms with van der Waals surface area (Å²) in [5, 5.41) is 26.0. The van der Waals surface area contributed by atoms with Crippen molar-refractivity contribution in [3.8, 4) is 17.5 Å². The monoisotopic (exact) mass is 419 g/mol. The summed E-state index contributed by atoms with van der Waals surface area (Å²) in [4.78, 5) is 1.53. The minimum absolute atomic E-state index is 0.481. The number of aromatic nitrogens is 6. The number of nitrogens with zero attached hydrogens (tertiary/aromatic N) is 7. The molecule has 8 heteroatoms. The quantitative estimate of drug-likeness (QED) is 0.495. The molecule has 0 spiro atoms. The molecule has 0 bridgehead atoms. The molecule has 0 saturated heterocycles. The summed E-state index contributed by atoms with van der Waals surface area (Å²) in [6.07, 6.45) is 1.73. The zero-order valence-corrected chi connectivity index (χ0v) is 15.8. The predicted octanol–water partition coefficient (Wildman–Crippen LogP) is 3.27. The van der Waals surface area contributed by atoms with E-state index in [0.29, 0.717) is 24.5 Å². The SMILES string of the molecule is N#Cc1ccc(Cn2nnc(-c3cnn(Cc4ccccc4)c3Br)n2)cc1. The van der Waals surface area contributed by atoms with Gasteiger partial charge in [-0.25, -0.2) is 0 Å². The maximum atomic E-state index is 8.87. The molecule has 0 unspecified atom stereocenters. The molecule has 2 aromatic heterocycles. The lowest BCUT2D eigenvalue weighted by molar-refractivity contribution is 0.573. The van der Waals surface area contributed by atoms with Gasteiger partial charge in [-0.15, -0.1) is 10.2 Å². The van der Waals surface area contributed by atoms with Crippen LogP contribution in [0, 0.1) is 11.3 Å². The minimum atomic E-state index is 0.481. The second kappa shape index (κ2) is 7.51. The summed E-state index contributed by atoms with van der Waals surface area (Å²) in [7, 11) is 0. The van der Waals surface area contributed by atoms with E-state index in [4.69, 9.17) is 5.26 Å². The summed E-state index contributed by atoms with van der Waals surface area (Å²) >= 11 is 3.59.